The van der Waals surface area contributed by atoms with Crippen molar-refractivity contribution >= 4 is 5.97 Å². The fourth-order valence-corrected chi connectivity index (χ4v) is 8.91. The van der Waals surface area contributed by atoms with Gasteiger partial charge in [-0.2, -0.15) is 0 Å². The van der Waals surface area contributed by atoms with Crippen molar-refractivity contribution in [2.45, 2.75) is 179 Å². The zero-order chi connectivity index (χ0) is 39.1. The molecule has 0 unspecified atom stereocenters. The molecule has 0 amide bonds. The molecule has 13 heteroatoms. The number of nitrogens with zero attached hydrogens (tertiary/aromatic N) is 1. The fourth-order valence-electron chi connectivity index (χ4n) is 8.91. The van der Waals surface area contributed by atoms with E-state index in [1.165, 1.54) is 14.0 Å². The Balaban J connectivity index is 1.84. The van der Waals surface area contributed by atoms with Gasteiger partial charge in [0.15, 0.2) is 12.6 Å². The van der Waals surface area contributed by atoms with Crippen LogP contribution in [0.5, 0.6) is 0 Å². The van der Waals surface area contributed by atoms with E-state index < -0.39 is 95.8 Å². The number of terminal acetylenes is 1. The lowest BCUT2D eigenvalue weighted by molar-refractivity contribution is -0.317. The molecule has 4 aliphatic heterocycles. The van der Waals surface area contributed by atoms with Crippen molar-refractivity contribution in [3.63, 3.8) is 0 Å². The van der Waals surface area contributed by atoms with Gasteiger partial charge in [-0.3, -0.25) is 9.69 Å². The maximum Gasteiger partial charge on any atom is 0.311 e. The third kappa shape index (κ3) is 8.37. The Bertz CT molecular complexity index is 1320. The molecule has 0 radical (unpaired) electrons. The monoisotopic (exact) mass is 739 g/mol. The average molecular weight is 740 g/mol. The summed E-state index contributed by atoms with van der Waals surface area (Å²) in [5.74, 6) is 0.219. The molecule has 2 bridgehead atoms. The molecule has 4 aliphatic rings. The Hall–Kier alpha value is -1.83. The third-order valence-electron chi connectivity index (χ3n) is 12.2. The predicted octanol–water partition coefficient (Wildman–Crippen LogP) is 2.90. The summed E-state index contributed by atoms with van der Waals surface area (Å²) < 4.78 is 44.7. The third-order valence-corrected chi connectivity index (χ3v) is 12.2. The lowest BCUT2D eigenvalue weighted by Gasteiger charge is -2.48. The van der Waals surface area contributed by atoms with Crippen LogP contribution >= 0.6 is 0 Å². The standard InChI is InChI=1S/C39H65NO12/c1-14-16-40(12)26-17-21(4)47-36(29(26)41)51-34-23(6)31(50-28-19-37(9,46-13)33(43)25(8)48-28)24(7)35(44)49-27(15-2)39(11,45)32(42)22(5)30-20(3)18-38(34,10)52-30/h1,21-29,31-34,36,41-43,45H,15-19H2,2-13H3/t21-,22+,23+,24-,25+,26+,27-,28+,29-,31+,32-,33+,34-,36+,37-,38-,39-/m1/s1. The minimum absolute atomic E-state index is 0.158. The highest BCUT2D eigenvalue weighted by atomic mass is 16.7. The molecular weight excluding hydrogens is 674 g/mol. The minimum Gasteiger partial charge on any atom is -0.489 e. The molecule has 52 heavy (non-hydrogen) atoms. The van der Waals surface area contributed by atoms with E-state index in [1.54, 1.807) is 34.6 Å². The molecular formula is C39H65NO12. The van der Waals surface area contributed by atoms with Crippen molar-refractivity contribution in [3.8, 4) is 12.3 Å². The molecule has 4 rings (SSSR count). The molecule has 0 aromatic carbocycles. The van der Waals surface area contributed by atoms with Crippen molar-refractivity contribution < 1.29 is 58.4 Å². The van der Waals surface area contributed by atoms with Crippen LogP contribution in [0.3, 0.4) is 0 Å². The topological polar surface area (TPSA) is 166 Å². The number of fused-ring (bicyclic) bond motifs is 2. The zero-order valence-corrected chi connectivity index (χ0v) is 33.2. The summed E-state index contributed by atoms with van der Waals surface area (Å²) in [5, 5.41) is 46.1. The van der Waals surface area contributed by atoms with Gasteiger partial charge in [-0.15, -0.1) is 6.42 Å². The fraction of sp³-hybridized carbons (Fsp3) is 0.872. The molecule has 4 N–H and O–H groups in total. The number of hydrogen-bond acceptors (Lipinski definition) is 13. The Morgan fingerprint density at radius 1 is 1.02 bits per heavy atom. The Morgan fingerprint density at radius 3 is 2.27 bits per heavy atom. The molecule has 0 saturated carbocycles. The first-order valence-corrected chi connectivity index (χ1v) is 18.8. The van der Waals surface area contributed by atoms with Crippen molar-refractivity contribution in [2.24, 2.45) is 17.8 Å². The van der Waals surface area contributed by atoms with Crippen LogP contribution in [0.2, 0.25) is 0 Å². The zero-order valence-electron chi connectivity index (χ0n) is 33.2. The van der Waals surface area contributed by atoms with E-state index in [2.05, 4.69) is 5.92 Å². The highest BCUT2D eigenvalue weighted by Gasteiger charge is 2.56. The quantitative estimate of drug-likeness (QED) is 0.212. The van der Waals surface area contributed by atoms with Gasteiger partial charge in [0.1, 0.15) is 41.4 Å². The second-order valence-corrected chi connectivity index (χ2v) is 16.5. The van der Waals surface area contributed by atoms with Gasteiger partial charge in [0.05, 0.1) is 42.5 Å². The lowest BCUT2D eigenvalue weighted by atomic mass is 9.78. The Kier molecular flexibility index (Phi) is 13.6. The van der Waals surface area contributed by atoms with E-state index in [0.717, 1.165) is 5.57 Å². The maximum atomic E-state index is 14.2. The van der Waals surface area contributed by atoms with Gasteiger partial charge < -0.3 is 53.6 Å². The molecule has 0 spiro atoms. The highest BCUT2D eigenvalue weighted by molar-refractivity contribution is 5.73. The van der Waals surface area contributed by atoms with Crippen molar-refractivity contribution in [2.75, 3.05) is 20.7 Å². The summed E-state index contributed by atoms with van der Waals surface area (Å²) in [6.07, 6.45) is -2.27. The van der Waals surface area contributed by atoms with Crippen LogP contribution in [0.25, 0.3) is 0 Å². The molecule has 0 aromatic heterocycles. The molecule has 3 saturated heterocycles. The number of carbonyl (C=O) groups excluding carboxylic acids is 1. The summed E-state index contributed by atoms with van der Waals surface area (Å²) in [6.45, 7) is 18.2. The summed E-state index contributed by atoms with van der Waals surface area (Å²) >= 11 is 0. The van der Waals surface area contributed by atoms with Crippen molar-refractivity contribution in [3.05, 3.63) is 11.3 Å². The summed E-state index contributed by atoms with van der Waals surface area (Å²) in [5.41, 5.74) is -3.08. The minimum atomic E-state index is -1.83. The predicted molar refractivity (Wildman–Crippen MR) is 191 cm³/mol. The van der Waals surface area contributed by atoms with Gasteiger partial charge in [-0.25, -0.2) is 0 Å². The van der Waals surface area contributed by atoms with E-state index in [9.17, 15) is 25.2 Å². The first-order valence-electron chi connectivity index (χ1n) is 18.8. The Labute approximate surface area is 310 Å². The number of esters is 1. The van der Waals surface area contributed by atoms with Crippen LogP contribution in [0.4, 0.5) is 0 Å². The summed E-state index contributed by atoms with van der Waals surface area (Å²) in [4.78, 5) is 16.1. The summed E-state index contributed by atoms with van der Waals surface area (Å²) in [6, 6.07) is -0.359. The van der Waals surface area contributed by atoms with Crippen LogP contribution < -0.4 is 0 Å². The SMILES string of the molecule is C#CCN(C)[C@H]1C[C@@H](C)O[C@@H](O[C@@H]2[C@@H](C)[C@H](O[C@H]3C[C@@](C)(OC)[C@@H](O)[C@H](C)O3)[C@@H](C)C(=O)O[C@H](CC)[C@@](C)(O)[C@H](O)[C@@H](C)C3=C(C)C[C@@]2(C)O3)[C@@H]1O. The van der Waals surface area contributed by atoms with Crippen LogP contribution in [0, 0.1) is 30.1 Å². The Morgan fingerprint density at radius 2 is 1.67 bits per heavy atom. The maximum absolute atomic E-state index is 14.2. The number of likely N-dealkylation sites (N-methyl/N-ethyl adjacent to an activating group) is 1. The van der Waals surface area contributed by atoms with Crippen molar-refractivity contribution in [1.82, 2.24) is 4.90 Å². The number of cyclic esters (lactones) is 1. The van der Waals surface area contributed by atoms with Crippen LogP contribution in [-0.2, 0) is 38.0 Å². The first-order chi connectivity index (χ1) is 24.1. The number of carbonyl (C=O) groups is 1. The second kappa shape index (κ2) is 16.5. The summed E-state index contributed by atoms with van der Waals surface area (Å²) in [7, 11) is 3.37. The number of methoxy groups -OCH3 is 1. The van der Waals surface area contributed by atoms with E-state index in [4.69, 9.17) is 39.6 Å². The number of rotatable bonds is 8. The lowest BCUT2D eigenvalue weighted by Crippen LogP contribution is -2.60. The molecule has 0 aromatic rings. The molecule has 298 valence electrons. The van der Waals surface area contributed by atoms with Crippen LogP contribution in [-0.4, -0.2) is 136 Å². The molecule has 17 atom stereocenters. The van der Waals surface area contributed by atoms with Crippen LogP contribution in [0.15, 0.2) is 11.3 Å². The van der Waals surface area contributed by atoms with Gasteiger partial charge in [-0.1, -0.05) is 26.7 Å². The number of hydrogen-bond donors (Lipinski definition) is 4. The molecule has 13 nitrogen and oxygen atoms in total. The van der Waals surface area contributed by atoms with Crippen LogP contribution in [0.1, 0.15) is 94.9 Å². The molecule has 4 heterocycles. The normalized spacial score (nSPS) is 47.9. The van der Waals surface area contributed by atoms with Gasteiger partial charge in [0, 0.05) is 37.8 Å². The van der Waals surface area contributed by atoms with Gasteiger partial charge in [0.25, 0.3) is 0 Å². The first kappa shape index (κ1) is 42.9. The number of aliphatic hydroxyl groups excluding tert-OH is 3. The van der Waals surface area contributed by atoms with Gasteiger partial charge in [-0.05, 0) is 73.9 Å². The van der Waals surface area contributed by atoms with E-state index in [1.807, 2.05) is 39.6 Å². The average Bonchev–Trinajstić information content (AvgIpc) is 3.40. The van der Waals surface area contributed by atoms with E-state index in [0.29, 0.717) is 25.1 Å². The van der Waals surface area contributed by atoms with Crippen molar-refractivity contribution in [1.29, 1.82) is 0 Å². The van der Waals surface area contributed by atoms with Gasteiger partial charge >= 0.3 is 5.97 Å². The largest absolute Gasteiger partial charge is 0.489 e. The van der Waals surface area contributed by atoms with E-state index in [-0.39, 0.29) is 25.0 Å². The number of aliphatic hydroxyl groups is 4. The van der Waals surface area contributed by atoms with Gasteiger partial charge in [0.2, 0.25) is 0 Å². The van der Waals surface area contributed by atoms with E-state index >= 15 is 0 Å². The second-order valence-electron chi connectivity index (χ2n) is 16.5. The molecule has 0 aliphatic carbocycles. The number of ether oxygens (including phenoxy) is 7. The smallest absolute Gasteiger partial charge is 0.311 e. The molecule has 3 fully saturated rings. The highest BCUT2D eigenvalue weighted by Crippen LogP contribution is 2.47.